The monoisotopic (exact) mass is 422 g/mol. The summed E-state index contributed by atoms with van der Waals surface area (Å²) in [5.41, 5.74) is 9.63. The highest BCUT2D eigenvalue weighted by Gasteiger charge is 2.48. The molecule has 158 valence electrons. The van der Waals surface area contributed by atoms with Crippen molar-refractivity contribution in [3.63, 3.8) is 0 Å². The lowest BCUT2D eigenvalue weighted by Crippen LogP contribution is -2.41. The summed E-state index contributed by atoms with van der Waals surface area (Å²) in [4.78, 5) is 13.2. The molecule has 0 bridgehead atoms. The number of hydrogen-bond acceptors (Lipinski definition) is 6. The maximum Gasteiger partial charge on any atom is 0.251 e. The number of aliphatic hydroxyl groups is 1. The van der Waals surface area contributed by atoms with Crippen molar-refractivity contribution >= 4 is 10.9 Å². The Hall–Kier alpha value is -3.30. The van der Waals surface area contributed by atoms with Crippen molar-refractivity contribution < 1.29 is 13.9 Å². The van der Waals surface area contributed by atoms with Gasteiger partial charge in [0, 0.05) is 30.0 Å². The quantitative estimate of drug-likeness (QED) is 0.511. The van der Waals surface area contributed by atoms with Gasteiger partial charge in [0.2, 0.25) is 5.92 Å². The maximum atomic E-state index is 13.2. The molecule has 7 nitrogen and oxygen atoms in total. The number of aliphatic hydroxyl groups excluding tert-OH is 1. The van der Waals surface area contributed by atoms with Gasteiger partial charge in [-0.3, -0.25) is 4.98 Å². The molecule has 1 saturated carbocycles. The average molecular weight is 422 g/mol. The van der Waals surface area contributed by atoms with Gasteiger partial charge in [0.25, 0.3) is 5.95 Å². The van der Waals surface area contributed by atoms with E-state index in [0.717, 1.165) is 16.5 Å². The Morgan fingerprint density at radius 1 is 1.16 bits per heavy atom. The molecule has 0 radical (unpaired) electrons. The zero-order valence-electron chi connectivity index (χ0n) is 16.5. The number of fused-ring (bicyclic) bond motifs is 1. The Morgan fingerprint density at radius 3 is 2.77 bits per heavy atom. The first-order valence-electron chi connectivity index (χ1n) is 9.95. The van der Waals surface area contributed by atoms with Crippen LogP contribution < -0.4 is 5.73 Å². The third kappa shape index (κ3) is 3.66. The van der Waals surface area contributed by atoms with Gasteiger partial charge in [-0.2, -0.15) is 9.78 Å². The number of nitrogens with two attached hydrogens (primary N) is 1. The third-order valence-electron chi connectivity index (χ3n) is 5.66. The number of rotatable bonds is 5. The van der Waals surface area contributed by atoms with Crippen LogP contribution in [0.15, 0.2) is 54.9 Å². The SMILES string of the molecule is NC(c1cccc(-c2ccc3cnn(-c4nccc(CO)n4)c3c2)n1)C1CC(F)(F)C1. The summed E-state index contributed by atoms with van der Waals surface area (Å²) in [6, 6.07) is 12.4. The Balaban J connectivity index is 1.50. The van der Waals surface area contributed by atoms with Crippen LogP contribution in [-0.2, 0) is 6.61 Å². The average Bonchev–Trinajstić information content (AvgIpc) is 3.20. The van der Waals surface area contributed by atoms with Crippen LogP contribution >= 0.6 is 0 Å². The minimum atomic E-state index is -2.61. The first-order valence-corrected chi connectivity index (χ1v) is 9.95. The highest BCUT2D eigenvalue weighted by Crippen LogP contribution is 2.47. The molecule has 3 N–H and O–H groups in total. The molecule has 0 amide bonds. The Morgan fingerprint density at radius 2 is 2.00 bits per heavy atom. The van der Waals surface area contributed by atoms with Crippen LogP contribution in [0.2, 0.25) is 0 Å². The third-order valence-corrected chi connectivity index (χ3v) is 5.66. The van der Waals surface area contributed by atoms with Gasteiger partial charge in [-0.15, -0.1) is 0 Å². The molecule has 4 aromatic rings. The molecule has 1 fully saturated rings. The van der Waals surface area contributed by atoms with E-state index in [9.17, 15) is 13.9 Å². The van der Waals surface area contributed by atoms with E-state index in [-0.39, 0.29) is 25.4 Å². The molecular formula is C22H20F2N6O. The molecule has 0 spiro atoms. The minimum absolute atomic E-state index is 0.191. The largest absolute Gasteiger partial charge is 0.390 e. The van der Waals surface area contributed by atoms with E-state index >= 15 is 0 Å². The fraction of sp³-hybridized carbons (Fsp3) is 0.273. The van der Waals surface area contributed by atoms with E-state index in [4.69, 9.17) is 5.73 Å². The summed E-state index contributed by atoms with van der Waals surface area (Å²) < 4.78 is 28.1. The van der Waals surface area contributed by atoms with Gasteiger partial charge in [-0.1, -0.05) is 18.2 Å². The van der Waals surface area contributed by atoms with Gasteiger partial charge in [-0.05, 0) is 30.2 Å². The molecular weight excluding hydrogens is 402 g/mol. The molecule has 1 unspecified atom stereocenters. The molecule has 3 aromatic heterocycles. The topological polar surface area (TPSA) is 103 Å². The number of pyridine rings is 1. The minimum Gasteiger partial charge on any atom is -0.390 e. The summed E-state index contributed by atoms with van der Waals surface area (Å²) in [5, 5.41) is 14.6. The lowest BCUT2D eigenvalue weighted by atomic mass is 9.75. The van der Waals surface area contributed by atoms with Crippen molar-refractivity contribution in [2.75, 3.05) is 0 Å². The Kier molecular flexibility index (Phi) is 4.71. The van der Waals surface area contributed by atoms with Crippen LogP contribution in [0.25, 0.3) is 28.1 Å². The predicted molar refractivity (Wildman–Crippen MR) is 110 cm³/mol. The number of alkyl halides is 2. The smallest absolute Gasteiger partial charge is 0.251 e. The fourth-order valence-electron chi connectivity index (χ4n) is 3.91. The van der Waals surface area contributed by atoms with Crippen LogP contribution in [0, 0.1) is 5.92 Å². The van der Waals surface area contributed by atoms with E-state index in [2.05, 4.69) is 20.1 Å². The highest BCUT2D eigenvalue weighted by atomic mass is 19.3. The zero-order chi connectivity index (χ0) is 21.6. The van der Waals surface area contributed by atoms with E-state index in [1.807, 2.05) is 30.3 Å². The van der Waals surface area contributed by atoms with Crippen molar-refractivity contribution in [1.29, 1.82) is 0 Å². The van der Waals surface area contributed by atoms with Crippen LogP contribution in [0.5, 0.6) is 0 Å². The van der Waals surface area contributed by atoms with Gasteiger partial charge in [0.15, 0.2) is 0 Å². The summed E-state index contributed by atoms with van der Waals surface area (Å²) in [7, 11) is 0. The number of benzene rings is 1. The van der Waals surface area contributed by atoms with Crippen LogP contribution in [0.1, 0.15) is 30.3 Å². The van der Waals surface area contributed by atoms with E-state index in [1.165, 1.54) is 0 Å². The Labute approximate surface area is 176 Å². The molecule has 1 atom stereocenters. The molecule has 31 heavy (non-hydrogen) atoms. The number of hydrogen-bond donors (Lipinski definition) is 2. The number of nitrogens with zero attached hydrogens (tertiary/aromatic N) is 5. The summed E-state index contributed by atoms with van der Waals surface area (Å²) in [6.45, 7) is -0.191. The molecule has 0 aliphatic heterocycles. The second kappa shape index (κ2) is 7.44. The molecule has 3 heterocycles. The lowest BCUT2D eigenvalue weighted by molar-refractivity contribution is -0.117. The fourth-order valence-corrected chi connectivity index (χ4v) is 3.91. The first kappa shape index (κ1) is 19.7. The highest BCUT2D eigenvalue weighted by molar-refractivity contribution is 5.84. The van der Waals surface area contributed by atoms with Crippen molar-refractivity contribution in [2.45, 2.75) is 31.4 Å². The van der Waals surface area contributed by atoms with E-state index in [0.29, 0.717) is 23.0 Å². The number of aromatic nitrogens is 5. The summed E-state index contributed by atoms with van der Waals surface area (Å²) in [6.07, 6.45) is 2.89. The zero-order valence-corrected chi connectivity index (χ0v) is 16.5. The van der Waals surface area contributed by atoms with Gasteiger partial charge >= 0.3 is 0 Å². The van der Waals surface area contributed by atoms with E-state index in [1.54, 1.807) is 29.2 Å². The normalized spacial score (nSPS) is 16.9. The van der Waals surface area contributed by atoms with Crippen molar-refractivity contribution in [3.05, 3.63) is 66.2 Å². The molecule has 1 aromatic carbocycles. The first-order chi connectivity index (χ1) is 14.9. The van der Waals surface area contributed by atoms with Gasteiger partial charge in [0.1, 0.15) is 0 Å². The van der Waals surface area contributed by atoms with Crippen molar-refractivity contribution in [1.82, 2.24) is 24.7 Å². The summed E-state index contributed by atoms with van der Waals surface area (Å²) in [5.74, 6) is -2.52. The lowest BCUT2D eigenvalue weighted by Gasteiger charge is -2.38. The van der Waals surface area contributed by atoms with Gasteiger partial charge in [0.05, 0.1) is 41.4 Å². The molecule has 1 aliphatic carbocycles. The predicted octanol–water partition coefficient (Wildman–Crippen LogP) is 3.41. The van der Waals surface area contributed by atoms with Crippen LogP contribution in [0.3, 0.4) is 0 Å². The number of halogens is 2. The van der Waals surface area contributed by atoms with Crippen molar-refractivity contribution in [2.24, 2.45) is 11.7 Å². The molecule has 0 saturated heterocycles. The van der Waals surface area contributed by atoms with Crippen LogP contribution in [0.4, 0.5) is 8.78 Å². The van der Waals surface area contributed by atoms with E-state index < -0.39 is 12.0 Å². The van der Waals surface area contributed by atoms with Crippen molar-refractivity contribution in [3.8, 4) is 17.2 Å². The van der Waals surface area contributed by atoms with Gasteiger partial charge in [-0.25, -0.2) is 18.7 Å². The van der Waals surface area contributed by atoms with Crippen LogP contribution in [-0.4, -0.2) is 35.8 Å². The standard InChI is InChI=1S/C22H20F2N6O/c23-22(24)9-15(10-22)20(25)18-3-1-2-17(29-18)13-4-5-14-11-27-30(19(14)8-13)21-26-7-6-16(12-31)28-21/h1-8,11,15,20,31H,9-10,12,25H2. The maximum absolute atomic E-state index is 13.2. The van der Waals surface area contributed by atoms with Gasteiger partial charge < -0.3 is 10.8 Å². The summed E-state index contributed by atoms with van der Waals surface area (Å²) >= 11 is 0. The molecule has 1 aliphatic rings. The molecule has 5 rings (SSSR count). The second-order valence-corrected chi connectivity index (χ2v) is 7.83. The molecule has 9 heteroatoms. The Bertz CT molecular complexity index is 1250. The second-order valence-electron chi connectivity index (χ2n) is 7.83.